The lowest BCUT2D eigenvalue weighted by Crippen LogP contribution is -2.42. The second kappa shape index (κ2) is 8.32. The van der Waals surface area contributed by atoms with Crippen LogP contribution in [-0.4, -0.2) is 35.4 Å². The van der Waals surface area contributed by atoms with Crippen LogP contribution in [0.15, 0.2) is 36.4 Å². The summed E-state index contributed by atoms with van der Waals surface area (Å²) in [6.45, 7) is 2.21. The highest BCUT2D eigenvalue weighted by Gasteiger charge is 2.24. The number of rotatable bonds is 2. The van der Waals surface area contributed by atoms with Crippen molar-refractivity contribution in [1.82, 2.24) is 9.88 Å². The molecule has 1 saturated heterocycles. The van der Waals surface area contributed by atoms with Crippen molar-refractivity contribution in [2.75, 3.05) is 19.6 Å². The van der Waals surface area contributed by atoms with E-state index in [0.717, 1.165) is 36.8 Å². The second-order valence-electron chi connectivity index (χ2n) is 5.38. The number of hydrogen-bond acceptors (Lipinski definition) is 3. The topological polar surface area (TPSA) is 59.2 Å². The standard InChI is InChI=1S/C16H19N3O.2ClH/c17-10-12-4-3-9-19(11-12)16(20)15-8-7-13-5-1-2-6-14(13)18-15;;/h1-2,5-8,12H,3-4,9-11,17H2;2*1H. The summed E-state index contributed by atoms with van der Waals surface area (Å²) in [4.78, 5) is 18.9. The van der Waals surface area contributed by atoms with Crippen LogP contribution in [0.4, 0.5) is 0 Å². The summed E-state index contributed by atoms with van der Waals surface area (Å²) in [5, 5.41) is 1.06. The Labute approximate surface area is 142 Å². The number of benzene rings is 1. The van der Waals surface area contributed by atoms with Crippen molar-refractivity contribution < 1.29 is 4.79 Å². The second-order valence-corrected chi connectivity index (χ2v) is 5.38. The molecule has 22 heavy (non-hydrogen) atoms. The van der Waals surface area contributed by atoms with Crippen molar-refractivity contribution in [3.63, 3.8) is 0 Å². The lowest BCUT2D eigenvalue weighted by molar-refractivity contribution is 0.0672. The zero-order valence-corrected chi connectivity index (χ0v) is 13.9. The van der Waals surface area contributed by atoms with E-state index in [0.29, 0.717) is 18.2 Å². The van der Waals surface area contributed by atoms with E-state index in [1.807, 2.05) is 41.3 Å². The van der Waals surface area contributed by atoms with Crippen molar-refractivity contribution in [1.29, 1.82) is 0 Å². The van der Waals surface area contributed by atoms with Gasteiger partial charge in [-0.25, -0.2) is 4.98 Å². The first-order valence-electron chi connectivity index (χ1n) is 7.13. The summed E-state index contributed by atoms with van der Waals surface area (Å²) >= 11 is 0. The van der Waals surface area contributed by atoms with Gasteiger partial charge in [0.2, 0.25) is 0 Å². The third-order valence-electron chi connectivity index (χ3n) is 3.96. The molecule has 2 heterocycles. The minimum Gasteiger partial charge on any atom is -0.337 e. The number of pyridine rings is 1. The molecule has 0 bridgehead atoms. The quantitative estimate of drug-likeness (QED) is 0.913. The predicted octanol–water partition coefficient (Wildman–Crippen LogP) is 2.89. The van der Waals surface area contributed by atoms with E-state index in [4.69, 9.17) is 5.73 Å². The van der Waals surface area contributed by atoms with Gasteiger partial charge in [-0.1, -0.05) is 24.3 Å². The van der Waals surface area contributed by atoms with E-state index < -0.39 is 0 Å². The average molecular weight is 342 g/mol. The van der Waals surface area contributed by atoms with E-state index in [1.54, 1.807) is 0 Å². The first-order chi connectivity index (χ1) is 9.78. The zero-order valence-electron chi connectivity index (χ0n) is 12.3. The van der Waals surface area contributed by atoms with Crippen LogP contribution in [0.25, 0.3) is 10.9 Å². The van der Waals surface area contributed by atoms with Crippen LogP contribution in [0.2, 0.25) is 0 Å². The summed E-state index contributed by atoms with van der Waals surface area (Å²) in [5.74, 6) is 0.446. The monoisotopic (exact) mass is 341 g/mol. The van der Waals surface area contributed by atoms with Gasteiger partial charge < -0.3 is 10.6 Å². The van der Waals surface area contributed by atoms with Crippen LogP contribution in [0.1, 0.15) is 23.3 Å². The van der Waals surface area contributed by atoms with Gasteiger partial charge in [-0.15, -0.1) is 24.8 Å². The maximum atomic E-state index is 12.5. The van der Waals surface area contributed by atoms with Crippen molar-refractivity contribution in [3.05, 3.63) is 42.1 Å². The van der Waals surface area contributed by atoms with E-state index in [9.17, 15) is 4.79 Å². The number of para-hydroxylation sites is 1. The summed E-state index contributed by atoms with van der Waals surface area (Å²) in [5.41, 5.74) is 7.12. The lowest BCUT2D eigenvalue weighted by atomic mass is 9.98. The van der Waals surface area contributed by atoms with Crippen LogP contribution in [0.5, 0.6) is 0 Å². The van der Waals surface area contributed by atoms with Gasteiger partial charge in [0.1, 0.15) is 5.69 Å². The van der Waals surface area contributed by atoms with E-state index in [-0.39, 0.29) is 30.7 Å². The van der Waals surface area contributed by atoms with Gasteiger partial charge in [0.15, 0.2) is 0 Å². The minimum atomic E-state index is 0. The third-order valence-corrected chi connectivity index (χ3v) is 3.96. The largest absolute Gasteiger partial charge is 0.337 e. The summed E-state index contributed by atoms with van der Waals surface area (Å²) in [6.07, 6.45) is 2.15. The molecule has 1 atom stereocenters. The van der Waals surface area contributed by atoms with Gasteiger partial charge >= 0.3 is 0 Å². The molecule has 6 heteroatoms. The van der Waals surface area contributed by atoms with Crippen LogP contribution < -0.4 is 5.73 Å². The molecule has 1 aromatic carbocycles. The van der Waals surface area contributed by atoms with Gasteiger partial charge in [0.25, 0.3) is 5.91 Å². The molecule has 1 aromatic heterocycles. The first-order valence-corrected chi connectivity index (χ1v) is 7.13. The fraction of sp³-hybridized carbons (Fsp3) is 0.375. The van der Waals surface area contributed by atoms with Gasteiger partial charge in [0.05, 0.1) is 5.52 Å². The molecular formula is C16H21Cl2N3O. The molecule has 1 amide bonds. The normalized spacial score (nSPS) is 17.5. The highest BCUT2D eigenvalue weighted by atomic mass is 35.5. The summed E-state index contributed by atoms with van der Waals surface area (Å²) < 4.78 is 0. The van der Waals surface area contributed by atoms with E-state index >= 15 is 0 Å². The number of hydrogen-bond donors (Lipinski definition) is 1. The molecule has 0 aliphatic carbocycles. The summed E-state index contributed by atoms with van der Waals surface area (Å²) in [7, 11) is 0. The zero-order chi connectivity index (χ0) is 13.9. The Balaban J connectivity index is 0.00000121. The number of aromatic nitrogens is 1. The van der Waals surface area contributed by atoms with Crippen LogP contribution >= 0.6 is 24.8 Å². The highest BCUT2D eigenvalue weighted by Crippen LogP contribution is 2.18. The molecule has 1 aliphatic rings. The van der Waals surface area contributed by atoms with Crippen molar-refractivity contribution in [2.45, 2.75) is 12.8 Å². The van der Waals surface area contributed by atoms with Crippen LogP contribution in [-0.2, 0) is 0 Å². The fourth-order valence-electron chi connectivity index (χ4n) is 2.79. The fourth-order valence-corrected chi connectivity index (χ4v) is 2.79. The van der Waals surface area contributed by atoms with Crippen molar-refractivity contribution in [3.8, 4) is 0 Å². The Hall–Kier alpha value is -1.36. The molecule has 0 saturated carbocycles. The minimum absolute atomic E-state index is 0. The number of fused-ring (bicyclic) bond motifs is 1. The lowest BCUT2D eigenvalue weighted by Gasteiger charge is -2.31. The Morgan fingerprint density at radius 1 is 1.23 bits per heavy atom. The maximum absolute atomic E-state index is 12.5. The SMILES string of the molecule is Cl.Cl.NCC1CCCN(C(=O)c2ccc3ccccc3n2)C1. The molecule has 2 N–H and O–H groups in total. The van der Waals surface area contributed by atoms with Gasteiger partial charge in [-0.05, 0) is 37.4 Å². The smallest absolute Gasteiger partial charge is 0.272 e. The Morgan fingerprint density at radius 2 is 2.00 bits per heavy atom. The first kappa shape index (κ1) is 18.7. The third kappa shape index (κ3) is 3.88. The predicted molar refractivity (Wildman–Crippen MR) is 93.9 cm³/mol. The Kier molecular flexibility index (Phi) is 7.07. The number of carbonyl (C=O) groups excluding carboxylic acids is 1. The Morgan fingerprint density at radius 3 is 2.77 bits per heavy atom. The molecule has 1 aliphatic heterocycles. The molecule has 3 rings (SSSR count). The van der Waals surface area contributed by atoms with Gasteiger partial charge in [-0.3, -0.25) is 4.79 Å². The Bertz CT molecular complexity index is 636. The molecule has 2 aromatic rings. The molecule has 1 fully saturated rings. The molecule has 1 unspecified atom stereocenters. The van der Waals surface area contributed by atoms with E-state index in [1.165, 1.54) is 0 Å². The van der Waals surface area contributed by atoms with E-state index in [2.05, 4.69) is 4.98 Å². The number of likely N-dealkylation sites (tertiary alicyclic amines) is 1. The molecule has 120 valence electrons. The number of halogens is 2. The van der Waals surface area contributed by atoms with Crippen molar-refractivity contribution in [2.24, 2.45) is 11.7 Å². The number of nitrogens with two attached hydrogens (primary N) is 1. The highest BCUT2D eigenvalue weighted by molar-refractivity contribution is 5.95. The molecule has 4 nitrogen and oxygen atoms in total. The van der Waals surface area contributed by atoms with Gasteiger partial charge in [-0.2, -0.15) is 0 Å². The van der Waals surface area contributed by atoms with Crippen LogP contribution in [0.3, 0.4) is 0 Å². The molecule has 0 radical (unpaired) electrons. The van der Waals surface area contributed by atoms with Gasteiger partial charge in [0, 0.05) is 18.5 Å². The number of amides is 1. The molecular weight excluding hydrogens is 321 g/mol. The maximum Gasteiger partial charge on any atom is 0.272 e. The van der Waals surface area contributed by atoms with Crippen LogP contribution in [0, 0.1) is 5.92 Å². The number of nitrogens with zero attached hydrogens (tertiary/aromatic N) is 2. The van der Waals surface area contributed by atoms with Crippen molar-refractivity contribution >= 4 is 41.6 Å². The summed E-state index contributed by atoms with van der Waals surface area (Å²) in [6, 6.07) is 11.6. The average Bonchev–Trinajstić information content (AvgIpc) is 2.53. The number of carbonyl (C=O) groups is 1. The molecule has 0 spiro atoms. The number of piperidine rings is 1.